The maximum Gasteiger partial charge on any atom is 0.0991 e. The summed E-state index contributed by atoms with van der Waals surface area (Å²) >= 11 is 0. The van der Waals surface area contributed by atoms with E-state index in [0.717, 1.165) is 38.5 Å². The van der Waals surface area contributed by atoms with E-state index in [4.69, 9.17) is 4.74 Å². The van der Waals surface area contributed by atoms with Crippen molar-refractivity contribution in [3.05, 3.63) is 0 Å². The van der Waals surface area contributed by atoms with Gasteiger partial charge in [0.1, 0.15) is 0 Å². The van der Waals surface area contributed by atoms with Crippen molar-refractivity contribution in [3.63, 3.8) is 0 Å². The summed E-state index contributed by atoms with van der Waals surface area (Å²) in [5, 5.41) is 45.9. The summed E-state index contributed by atoms with van der Waals surface area (Å²) in [7, 11) is 0. The molecular weight excluding hydrogens is 440 g/mol. The Balaban J connectivity index is 1.52. The lowest BCUT2D eigenvalue weighted by molar-refractivity contribution is -0.277. The lowest BCUT2D eigenvalue weighted by atomic mass is 9.35. The van der Waals surface area contributed by atoms with E-state index in [0.29, 0.717) is 31.1 Å². The van der Waals surface area contributed by atoms with Gasteiger partial charge in [0.2, 0.25) is 0 Å². The third-order valence-corrected chi connectivity index (χ3v) is 13.4. The first-order chi connectivity index (χ1) is 15.9. The normalized spacial score (nSPS) is 57.9. The molecule has 1 unspecified atom stereocenters. The van der Waals surface area contributed by atoms with Gasteiger partial charge in [-0.25, -0.2) is 0 Å². The molecule has 5 rings (SSSR count). The molecule has 4 N–H and O–H groups in total. The standard InChI is InChI=1S/C30H52O5/c1-24(2)19-9-13-27(6)20(26(19,5)12-10-21(24)32)17-18(31)23-28(27,7)15-16-30(23,34)29(8)14-11-22(35-29)25(3,4)33/h18-23,31-34H,9-17H2,1-8H3/t18-,19?,20-,21+,22+,23-,26+,27-,28+,29+,30-/m1/s1. The van der Waals surface area contributed by atoms with Crippen LogP contribution in [0.4, 0.5) is 0 Å². The average molecular weight is 493 g/mol. The predicted molar refractivity (Wildman–Crippen MR) is 137 cm³/mol. The third-order valence-electron chi connectivity index (χ3n) is 13.4. The minimum atomic E-state index is -1.12. The molecule has 1 heterocycles. The second kappa shape index (κ2) is 7.46. The minimum Gasteiger partial charge on any atom is -0.393 e. The molecule has 0 aromatic rings. The summed E-state index contributed by atoms with van der Waals surface area (Å²) in [6.45, 7) is 17.3. The van der Waals surface area contributed by atoms with Crippen molar-refractivity contribution < 1.29 is 25.2 Å². The highest BCUT2D eigenvalue weighted by atomic mass is 16.5. The van der Waals surface area contributed by atoms with Crippen molar-refractivity contribution in [1.82, 2.24) is 0 Å². The van der Waals surface area contributed by atoms with Crippen LogP contribution in [0.5, 0.6) is 0 Å². The van der Waals surface area contributed by atoms with E-state index in [2.05, 4.69) is 34.6 Å². The Bertz CT molecular complexity index is 865. The van der Waals surface area contributed by atoms with E-state index >= 15 is 0 Å². The van der Waals surface area contributed by atoms with Crippen LogP contribution in [-0.4, -0.2) is 55.5 Å². The Hall–Kier alpha value is -0.200. The molecule has 0 spiro atoms. The average Bonchev–Trinajstić information content (AvgIpc) is 3.29. The van der Waals surface area contributed by atoms with Crippen LogP contribution in [0.1, 0.15) is 113 Å². The molecule has 35 heavy (non-hydrogen) atoms. The van der Waals surface area contributed by atoms with Crippen molar-refractivity contribution in [2.24, 2.45) is 39.4 Å². The van der Waals surface area contributed by atoms with E-state index in [1.165, 1.54) is 0 Å². The number of fused-ring (bicyclic) bond motifs is 5. The third kappa shape index (κ3) is 3.17. The van der Waals surface area contributed by atoms with Gasteiger partial charge in [-0.15, -0.1) is 0 Å². The fourth-order valence-electron chi connectivity index (χ4n) is 11.1. The Morgan fingerprint density at radius 2 is 1.43 bits per heavy atom. The number of ether oxygens (including phenoxy) is 1. The number of rotatable bonds is 2. The predicted octanol–water partition coefficient (Wildman–Crippen LogP) is 4.83. The molecule has 5 heteroatoms. The van der Waals surface area contributed by atoms with Crippen LogP contribution >= 0.6 is 0 Å². The maximum absolute atomic E-state index is 12.5. The van der Waals surface area contributed by atoms with Gasteiger partial charge in [-0.3, -0.25) is 0 Å². The Labute approximate surface area is 213 Å². The molecule has 0 amide bonds. The molecule has 5 fully saturated rings. The van der Waals surface area contributed by atoms with Gasteiger partial charge in [-0.2, -0.15) is 0 Å². The fourth-order valence-corrected chi connectivity index (χ4v) is 11.1. The van der Waals surface area contributed by atoms with Crippen molar-refractivity contribution in [1.29, 1.82) is 0 Å². The van der Waals surface area contributed by atoms with Gasteiger partial charge in [0, 0.05) is 5.92 Å². The quantitative estimate of drug-likeness (QED) is 0.443. The number of hydrogen-bond donors (Lipinski definition) is 4. The summed E-state index contributed by atoms with van der Waals surface area (Å²) in [6, 6.07) is 0. The SMILES string of the molecule is CC(C)(O)[C@@H]1CC[C@@](C)([C@@]2(O)CC[C@@]3(C)[C@H]2[C@H](O)C[C@@H]2[C@@]4(C)CC[C@H](O)C(C)(C)C4CC[C@]23C)O1. The molecule has 0 aromatic carbocycles. The van der Waals surface area contributed by atoms with E-state index in [9.17, 15) is 20.4 Å². The van der Waals surface area contributed by atoms with E-state index in [1.807, 2.05) is 6.92 Å². The molecule has 5 nitrogen and oxygen atoms in total. The summed E-state index contributed by atoms with van der Waals surface area (Å²) in [4.78, 5) is 0. The maximum atomic E-state index is 12.5. The van der Waals surface area contributed by atoms with E-state index in [-0.39, 0.29) is 39.8 Å². The monoisotopic (exact) mass is 492 g/mol. The molecule has 202 valence electrons. The highest BCUT2D eigenvalue weighted by Gasteiger charge is 2.75. The lowest BCUT2D eigenvalue weighted by Gasteiger charge is -2.71. The van der Waals surface area contributed by atoms with Crippen LogP contribution in [0.3, 0.4) is 0 Å². The number of hydrogen-bond acceptors (Lipinski definition) is 5. The largest absolute Gasteiger partial charge is 0.393 e. The molecule has 1 aliphatic heterocycles. The first-order valence-corrected chi connectivity index (χ1v) is 14.4. The fraction of sp³-hybridized carbons (Fsp3) is 1.00. The Morgan fingerprint density at radius 3 is 2.03 bits per heavy atom. The van der Waals surface area contributed by atoms with Gasteiger partial charge < -0.3 is 25.2 Å². The van der Waals surface area contributed by atoms with Crippen molar-refractivity contribution in [3.8, 4) is 0 Å². The lowest BCUT2D eigenvalue weighted by Crippen LogP contribution is -2.69. The molecule has 0 bridgehead atoms. The van der Waals surface area contributed by atoms with Crippen LogP contribution in [-0.2, 0) is 4.74 Å². The van der Waals surface area contributed by atoms with Gasteiger partial charge in [-0.05, 0) is 112 Å². The minimum absolute atomic E-state index is 0.00954. The van der Waals surface area contributed by atoms with Crippen LogP contribution in [0.2, 0.25) is 0 Å². The topological polar surface area (TPSA) is 90.2 Å². The van der Waals surface area contributed by atoms with Crippen LogP contribution in [0, 0.1) is 39.4 Å². The van der Waals surface area contributed by atoms with Crippen LogP contribution < -0.4 is 0 Å². The smallest absolute Gasteiger partial charge is 0.0991 e. The summed E-state index contributed by atoms with van der Waals surface area (Å²) in [5.41, 5.74) is -3.08. The molecule has 5 aliphatic rings. The van der Waals surface area contributed by atoms with Crippen molar-refractivity contribution in [2.45, 2.75) is 148 Å². The Morgan fingerprint density at radius 1 is 0.771 bits per heavy atom. The number of aliphatic hydroxyl groups excluding tert-OH is 2. The zero-order valence-corrected chi connectivity index (χ0v) is 23.5. The molecule has 1 saturated heterocycles. The highest BCUT2D eigenvalue weighted by molar-refractivity contribution is 5.25. The molecule has 4 saturated carbocycles. The molecule has 11 atom stereocenters. The number of aliphatic hydroxyl groups is 4. The zero-order valence-electron chi connectivity index (χ0n) is 23.5. The van der Waals surface area contributed by atoms with Crippen molar-refractivity contribution in [2.75, 3.05) is 0 Å². The van der Waals surface area contributed by atoms with Gasteiger partial charge >= 0.3 is 0 Å². The summed E-state index contributed by atoms with van der Waals surface area (Å²) in [6.07, 6.45) is 6.50. The zero-order chi connectivity index (χ0) is 26.0. The Kier molecular flexibility index (Phi) is 5.63. The second-order valence-corrected chi connectivity index (χ2v) is 15.6. The van der Waals surface area contributed by atoms with E-state index < -0.39 is 22.9 Å². The van der Waals surface area contributed by atoms with E-state index in [1.54, 1.807) is 13.8 Å². The summed E-state index contributed by atoms with van der Waals surface area (Å²) in [5.74, 6) is 0.553. The first kappa shape index (κ1) is 26.4. The van der Waals surface area contributed by atoms with Gasteiger partial charge in [0.25, 0.3) is 0 Å². The molecule has 0 aromatic heterocycles. The van der Waals surface area contributed by atoms with Crippen LogP contribution in [0.25, 0.3) is 0 Å². The highest BCUT2D eigenvalue weighted by Crippen LogP contribution is 2.76. The second-order valence-electron chi connectivity index (χ2n) is 15.6. The molecular formula is C30H52O5. The van der Waals surface area contributed by atoms with Gasteiger partial charge in [0.05, 0.1) is 35.1 Å². The molecule has 4 aliphatic carbocycles. The van der Waals surface area contributed by atoms with Crippen LogP contribution in [0.15, 0.2) is 0 Å². The summed E-state index contributed by atoms with van der Waals surface area (Å²) < 4.78 is 6.52. The first-order valence-electron chi connectivity index (χ1n) is 14.4. The molecule has 0 radical (unpaired) electrons. The van der Waals surface area contributed by atoms with Crippen molar-refractivity contribution >= 4 is 0 Å². The van der Waals surface area contributed by atoms with Gasteiger partial charge in [-0.1, -0.05) is 34.6 Å². The van der Waals surface area contributed by atoms with Gasteiger partial charge in [0.15, 0.2) is 0 Å².